The number of H-pyrrole nitrogens is 1. The normalized spacial score (nSPS) is 19.8. The maximum absolute atomic E-state index is 12.3. The maximum atomic E-state index is 12.3. The summed E-state index contributed by atoms with van der Waals surface area (Å²) in [5, 5.41) is 8.59. The van der Waals surface area contributed by atoms with Crippen LogP contribution < -0.4 is 0 Å². The highest BCUT2D eigenvalue weighted by Crippen LogP contribution is 2.35. The van der Waals surface area contributed by atoms with E-state index < -0.39 is 0 Å². The monoisotopic (exact) mass is 247 g/mol. The summed E-state index contributed by atoms with van der Waals surface area (Å²) in [5.41, 5.74) is 0.647. The van der Waals surface area contributed by atoms with E-state index in [-0.39, 0.29) is 11.9 Å². The third-order valence-corrected chi connectivity index (χ3v) is 4.10. The first-order chi connectivity index (χ1) is 8.36. The average molecular weight is 247 g/mol. The molecule has 5 heteroatoms. The van der Waals surface area contributed by atoms with E-state index in [4.69, 9.17) is 0 Å². The van der Waals surface area contributed by atoms with Crippen molar-refractivity contribution in [3.8, 4) is 0 Å². The van der Waals surface area contributed by atoms with E-state index in [9.17, 15) is 4.79 Å². The molecule has 0 aromatic carbocycles. The van der Waals surface area contributed by atoms with E-state index in [1.165, 1.54) is 4.88 Å². The highest BCUT2D eigenvalue weighted by Gasteiger charge is 2.31. The molecule has 1 unspecified atom stereocenters. The fourth-order valence-corrected chi connectivity index (χ4v) is 3.19. The third kappa shape index (κ3) is 1.86. The molecule has 88 valence electrons. The van der Waals surface area contributed by atoms with Crippen molar-refractivity contribution in [2.24, 2.45) is 0 Å². The van der Waals surface area contributed by atoms with Crippen LogP contribution in [0, 0.1) is 0 Å². The number of amides is 1. The standard InChI is InChI=1S/C12H13N3OS/c16-12(9-7-13-14-8-9)15-5-1-3-10(15)11-4-2-6-17-11/h2,4,6-8,10H,1,3,5H2,(H,13,14). The zero-order valence-corrected chi connectivity index (χ0v) is 10.1. The van der Waals surface area contributed by atoms with Gasteiger partial charge < -0.3 is 4.90 Å². The Morgan fingerprint density at radius 2 is 2.53 bits per heavy atom. The molecule has 0 spiro atoms. The van der Waals surface area contributed by atoms with Crippen molar-refractivity contribution >= 4 is 17.2 Å². The molecule has 1 N–H and O–H groups in total. The molecule has 1 amide bonds. The molecule has 1 atom stereocenters. The van der Waals surface area contributed by atoms with E-state index in [1.54, 1.807) is 23.7 Å². The van der Waals surface area contributed by atoms with Crippen LogP contribution in [0.3, 0.4) is 0 Å². The van der Waals surface area contributed by atoms with Crippen molar-refractivity contribution in [3.63, 3.8) is 0 Å². The predicted octanol–water partition coefficient (Wildman–Crippen LogP) is 2.45. The van der Waals surface area contributed by atoms with Crippen LogP contribution >= 0.6 is 11.3 Å². The molecule has 3 heterocycles. The first-order valence-corrected chi connectivity index (χ1v) is 6.57. The van der Waals surface area contributed by atoms with Gasteiger partial charge in [0.2, 0.25) is 0 Å². The van der Waals surface area contributed by atoms with Gasteiger partial charge in [0, 0.05) is 17.6 Å². The fraction of sp³-hybridized carbons (Fsp3) is 0.333. The molecule has 1 saturated heterocycles. The lowest BCUT2D eigenvalue weighted by molar-refractivity contribution is 0.0738. The minimum Gasteiger partial charge on any atom is -0.331 e. The molecule has 0 radical (unpaired) electrons. The Labute approximate surface area is 103 Å². The van der Waals surface area contributed by atoms with Crippen LogP contribution in [0.25, 0.3) is 0 Å². The first-order valence-electron chi connectivity index (χ1n) is 5.69. The van der Waals surface area contributed by atoms with Gasteiger partial charge in [-0.25, -0.2) is 0 Å². The number of hydrogen-bond acceptors (Lipinski definition) is 3. The van der Waals surface area contributed by atoms with Gasteiger partial charge in [-0.1, -0.05) is 6.07 Å². The molecule has 0 aliphatic carbocycles. The summed E-state index contributed by atoms with van der Waals surface area (Å²) in [7, 11) is 0. The number of thiophene rings is 1. The fourth-order valence-electron chi connectivity index (χ4n) is 2.32. The number of nitrogens with zero attached hydrogens (tertiary/aromatic N) is 2. The summed E-state index contributed by atoms with van der Waals surface area (Å²) in [6, 6.07) is 4.40. The van der Waals surface area contributed by atoms with Crippen LogP contribution in [0.1, 0.15) is 34.1 Å². The number of hydrogen-bond donors (Lipinski definition) is 1. The van der Waals surface area contributed by atoms with Crippen molar-refractivity contribution in [3.05, 3.63) is 40.3 Å². The summed E-state index contributed by atoms with van der Waals surface area (Å²) in [6.45, 7) is 0.840. The highest BCUT2D eigenvalue weighted by atomic mass is 32.1. The molecular formula is C12H13N3OS. The predicted molar refractivity (Wildman–Crippen MR) is 65.9 cm³/mol. The number of likely N-dealkylation sites (tertiary alicyclic amines) is 1. The topological polar surface area (TPSA) is 49.0 Å². The summed E-state index contributed by atoms with van der Waals surface area (Å²) >= 11 is 1.72. The Bertz CT molecular complexity index is 492. The number of rotatable bonds is 2. The number of carbonyl (C=O) groups is 1. The Hall–Kier alpha value is -1.62. The van der Waals surface area contributed by atoms with Gasteiger partial charge in [0.25, 0.3) is 5.91 Å². The summed E-state index contributed by atoms with van der Waals surface area (Å²) in [5.74, 6) is 0.0784. The van der Waals surface area contributed by atoms with Crippen LogP contribution in [0.2, 0.25) is 0 Å². The molecule has 2 aromatic rings. The SMILES string of the molecule is O=C(c1cn[nH]c1)N1CCCC1c1cccs1. The Morgan fingerprint density at radius 1 is 1.59 bits per heavy atom. The van der Waals surface area contributed by atoms with Gasteiger partial charge in [-0.2, -0.15) is 5.10 Å². The first kappa shape index (κ1) is 10.5. The van der Waals surface area contributed by atoms with Crippen molar-refractivity contribution in [2.45, 2.75) is 18.9 Å². The minimum atomic E-state index is 0.0784. The number of carbonyl (C=O) groups excluding carboxylic acids is 1. The van der Waals surface area contributed by atoms with E-state index in [0.717, 1.165) is 19.4 Å². The van der Waals surface area contributed by atoms with Crippen molar-refractivity contribution in [2.75, 3.05) is 6.54 Å². The van der Waals surface area contributed by atoms with E-state index in [1.807, 2.05) is 11.0 Å². The third-order valence-electron chi connectivity index (χ3n) is 3.13. The van der Waals surface area contributed by atoms with Gasteiger partial charge in [-0.3, -0.25) is 9.89 Å². The van der Waals surface area contributed by atoms with Gasteiger partial charge >= 0.3 is 0 Å². The van der Waals surface area contributed by atoms with Crippen molar-refractivity contribution < 1.29 is 4.79 Å². The van der Waals surface area contributed by atoms with Crippen LogP contribution in [0.15, 0.2) is 29.9 Å². The molecule has 0 saturated carbocycles. The molecule has 3 rings (SSSR count). The molecule has 1 aliphatic rings. The smallest absolute Gasteiger partial charge is 0.257 e. The van der Waals surface area contributed by atoms with Crippen molar-refractivity contribution in [1.29, 1.82) is 0 Å². The Kier molecular flexibility index (Phi) is 2.68. The molecule has 1 aliphatic heterocycles. The minimum absolute atomic E-state index is 0.0784. The second-order valence-electron chi connectivity index (χ2n) is 4.16. The Morgan fingerprint density at radius 3 is 3.24 bits per heavy atom. The molecular weight excluding hydrogens is 234 g/mol. The molecule has 0 bridgehead atoms. The van der Waals surface area contributed by atoms with Gasteiger partial charge in [-0.05, 0) is 24.3 Å². The number of aromatic nitrogens is 2. The van der Waals surface area contributed by atoms with Crippen LogP contribution in [-0.2, 0) is 0 Å². The lowest BCUT2D eigenvalue weighted by Gasteiger charge is -2.23. The zero-order valence-electron chi connectivity index (χ0n) is 9.30. The van der Waals surface area contributed by atoms with Gasteiger partial charge in [0.15, 0.2) is 0 Å². The van der Waals surface area contributed by atoms with E-state index in [0.29, 0.717) is 5.56 Å². The Balaban J connectivity index is 1.85. The van der Waals surface area contributed by atoms with Gasteiger partial charge in [0.05, 0.1) is 17.8 Å². The second kappa shape index (κ2) is 4.33. The molecule has 17 heavy (non-hydrogen) atoms. The van der Waals surface area contributed by atoms with E-state index in [2.05, 4.69) is 21.6 Å². The summed E-state index contributed by atoms with van der Waals surface area (Å²) in [6.07, 6.45) is 5.38. The van der Waals surface area contributed by atoms with Crippen LogP contribution in [0.5, 0.6) is 0 Å². The second-order valence-corrected chi connectivity index (χ2v) is 5.14. The van der Waals surface area contributed by atoms with Crippen LogP contribution in [0.4, 0.5) is 0 Å². The maximum Gasteiger partial charge on any atom is 0.257 e. The lowest BCUT2D eigenvalue weighted by Crippen LogP contribution is -2.29. The van der Waals surface area contributed by atoms with Crippen LogP contribution in [-0.4, -0.2) is 27.5 Å². The molecule has 2 aromatic heterocycles. The highest BCUT2D eigenvalue weighted by molar-refractivity contribution is 7.10. The number of aromatic amines is 1. The average Bonchev–Trinajstić information content (AvgIpc) is 3.09. The molecule has 4 nitrogen and oxygen atoms in total. The van der Waals surface area contributed by atoms with Gasteiger partial charge in [0.1, 0.15) is 0 Å². The lowest BCUT2D eigenvalue weighted by atomic mass is 10.2. The van der Waals surface area contributed by atoms with Gasteiger partial charge in [-0.15, -0.1) is 11.3 Å². The summed E-state index contributed by atoms with van der Waals surface area (Å²) in [4.78, 5) is 15.5. The quantitative estimate of drug-likeness (QED) is 0.886. The van der Waals surface area contributed by atoms with Crippen molar-refractivity contribution in [1.82, 2.24) is 15.1 Å². The largest absolute Gasteiger partial charge is 0.331 e. The molecule has 1 fully saturated rings. The van der Waals surface area contributed by atoms with E-state index >= 15 is 0 Å². The zero-order chi connectivity index (χ0) is 11.7. The summed E-state index contributed by atoms with van der Waals surface area (Å²) < 4.78 is 0. The number of nitrogens with one attached hydrogen (secondary N) is 1.